The molecule has 34 heavy (non-hydrogen) atoms. The second-order valence-corrected chi connectivity index (χ2v) is 8.56. The minimum atomic E-state index is -1.78. The summed E-state index contributed by atoms with van der Waals surface area (Å²) >= 11 is 0. The van der Waals surface area contributed by atoms with Gasteiger partial charge in [-0.15, -0.1) is 0 Å². The van der Waals surface area contributed by atoms with E-state index in [4.69, 9.17) is 4.74 Å². The molecular formula is C23H24N4O7. The lowest BCUT2D eigenvalue weighted by Gasteiger charge is -2.32. The molecule has 2 aromatic rings. The third kappa shape index (κ3) is 4.39. The number of nitro benzene ring substituents is 1. The van der Waals surface area contributed by atoms with E-state index < -0.39 is 40.3 Å². The number of hydrogen-bond donors (Lipinski definition) is 2. The lowest BCUT2D eigenvalue weighted by Crippen LogP contribution is -2.60. The first-order valence-corrected chi connectivity index (χ1v) is 10.8. The van der Waals surface area contributed by atoms with Crippen LogP contribution in [0, 0.1) is 16.0 Å². The molecule has 2 N–H and O–H groups in total. The molecule has 11 heteroatoms. The Morgan fingerprint density at radius 1 is 1.32 bits per heavy atom. The van der Waals surface area contributed by atoms with Gasteiger partial charge in [-0.3, -0.25) is 30.0 Å². The highest BCUT2D eigenvalue weighted by Crippen LogP contribution is 2.34. The maximum Gasteiger partial charge on any atom is 0.336 e. The van der Waals surface area contributed by atoms with E-state index in [1.807, 2.05) is 0 Å². The summed E-state index contributed by atoms with van der Waals surface area (Å²) in [5.41, 5.74) is -0.797. The van der Waals surface area contributed by atoms with Crippen LogP contribution >= 0.6 is 0 Å². The molecule has 2 aliphatic heterocycles. The van der Waals surface area contributed by atoms with E-state index in [0.29, 0.717) is 11.3 Å². The summed E-state index contributed by atoms with van der Waals surface area (Å²) in [6, 6.07) is 10.0. The van der Waals surface area contributed by atoms with Gasteiger partial charge in [0, 0.05) is 30.8 Å². The molecule has 3 heterocycles. The van der Waals surface area contributed by atoms with E-state index in [9.17, 15) is 29.6 Å². The van der Waals surface area contributed by atoms with Gasteiger partial charge in [0.1, 0.15) is 6.61 Å². The average molecular weight is 468 g/mol. The van der Waals surface area contributed by atoms with Crippen LogP contribution in [0.4, 0.5) is 5.69 Å². The number of hydrogen-bond acceptors (Lipinski definition) is 9. The molecule has 4 atom stereocenters. The Kier molecular flexibility index (Phi) is 6.40. The van der Waals surface area contributed by atoms with E-state index in [2.05, 4.69) is 10.3 Å². The number of amides is 1. The minimum absolute atomic E-state index is 0.0575. The van der Waals surface area contributed by atoms with Crippen molar-refractivity contribution in [2.45, 2.75) is 44.2 Å². The average Bonchev–Trinajstić information content (AvgIpc) is 3.07. The SMILES string of the molecule is C[C@@H](O)[C@H]1C(=O)N(Cc2ccccn2)C[C@@]2(C(=O)OCc3ccc([N+](=O)[O-])cc3)N[C@@H]1CC2=O. The van der Waals surface area contributed by atoms with Crippen molar-refractivity contribution in [1.82, 2.24) is 15.2 Å². The van der Waals surface area contributed by atoms with E-state index in [1.54, 1.807) is 24.4 Å². The van der Waals surface area contributed by atoms with Gasteiger partial charge in [0.25, 0.3) is 5.69 Å². The first kappa shape index (κ1) is 23.5. The van der Waals surface area contributed by atoms with Gasteiger partial charge >= 0.3 is 5.97 Å². The molecule has 1 aromatic heterocycles. The highest BCUT2D eigenvalue weighted by molar-refractivity contribution is 6.12. The minimum Gasteiger partial charge on any atom is -0.459 e. The lowest BCUT2D eigenvalue weighted by molar-refractivity contribution is -0.384. The van der Waals surface area contributed by atoms with Crippen molar-refractivity contribution in [2.75, 3.05) is 6.54 Å². The van der Waals surface area contributed by atoms with Crippen molar-refractivity contribution in [3.63, 3.8) is 0 Å². The molecule has 1 aromatic carbocycles. The molecule has 1 amide bonds. The molecule has 0 unspecified atom stereocenters. The van der Waals surface area contributed by atoms with Gasteiger partial charge in [-0.25, -0.2) is 4.79 Å². The van der Waals surface area contributed by atoms with Crippen LogP contribution in [0.2, 0.25) is 0 Å². The van der Waals surface area contributed by atoms with Crippen LogP contribution in [0.1, 0.15) is 24.6 Å². The topological polar surface area (TPSA) is 152 Å². The van der Waals surface area contributed by atoms with Crippen molar-refractivity contribution in [2.24, 2.45) is 5.92 Å². The number of benzene rings is 1. The number of aromatic nitrogens is 1. The Labute approximate surface area is 194 Å². The maximum absolute atomic E-state index is 13.3. The van der Waals surface area contributed by atoms with Crippen molar-refractivity contribution in [3.05, 3.63) is 70.0 Å². The third-order valence-electron chi connectivity index (χ3n) is 6.24. The monoisotopic (exact) mass is 468 g/mol. The number of nitrogens with one attached hydrogen (secondary N) is 1. The number of esters is 1. The zero-order chi connectivity index (χ0) is 24.5. The summed E-state index contributed by atoms with van der Waals surface area (Å²) in [5.74, 6) is -2.56. The number of nitrogens with zero attached hydrogens (tertiary/aromatic N) is 3. The van der Waals surface area contributed by atoms with Gasteiger partial charge in [0.2, 0.25) is 5.91 Å². The van der Waals surface area contributed by atoms with E-state index in [1.165, 1.54) is 36.1 Å². The summed E-state index contributed by atoms with van der Waals surface area (Å²) in [6.07, 6.45) is 0.438. The molecule has 2 aliphatic rings. The fourth-order valence-corrected chi connectivity index (χ4v) is 4.51. The van der Waals surface area contributed by atoms with Crippen LogP contribution in [-0.2, 0) is 32.3 Å². The van der Waals surface area contributed by atoms with Gasteiger partial charge in [-0.1, -0.05) is 6.07 Å². The largest absolute Gasteiger partial charge is 0.459 e. The number of pyridine rings is 1. The Morgan fingerprint density at radius 3 is 2.68 bits per heavy atom. The fourth-order valence-electron chi connectivity index (χ4n) is 4.51. The molecule has 0 aliphatic carbocycles. The van der Waals surface area contributed by atoms with Gasteiger partial charge in [0.05, 0.1) is 35.7 Å². The van der Waals surface area contributed by atoms with Crippen LogP contribution in [-0.4, -0.2) is 61.8 Å². The van der Waals surface area contributed by atoms with E-state index in [0.717, 1.165) is 0 Å². The first-order chi connectivity index (χ1) is 16.2. The Hall–Kier alpha value is -3.70. The zero-order valence-electron chi connectivity index (χ0n) is 18.4. The number of carbonyl (C=O) groups is 3. The maximum atomic E-state index is 13.3. The summed E-state index contributed by atoms with van der Waals surface area (Å²) in [4.78, 5) is 55.5. The normalized spacial score (nSPS) is 25.1. The Morgan fingerprint density at radius 2 is 2.06 bits per heavy atom. The molecule has 2 saturated heterocycles. The molecule has 2 fully saturated rings. The van der Waals surface area contributed by atoms with Crippen LogP contribution in [0.25, 0.3) is 0 Å². The molecule has 0 saturated carbocycles. The van der Waals surface area contributed by atoms with Crippen molar-refractivity contribution in [1.29, 1.82) is 0 Å². The number of non-ortho nitro benzene ring substituents is 1. The predicted molar refractivity (Wildman–Crippen MR) is 117 cm³/mol. The van der Waals surface area contributed by atoms with Crippen molar-refractivity contribution >= 4 is 23.3 Å². The molecule has 0 spiro atoms. The third-order valence-corrected chi connectivity index (χ3v) is 6.24. The molecule has 2 bridgehead atoms. The number of fused-ring (bicyclic) bond motifs is 2. The molecule has 178 valence electrons. The number of carbonyl (C=O) groups excluding carboxylic acids is 3. The number of Topliss-reactive ketones (excluding diaryl/α,β-unsaturated/α-hetero) is 1. The number of ether oxygens (including phenoxy) is 1. The standard InChI is InChI=1S/C23H24N4O7/c1-14(28)20-18-10-19(29)23(25-18,13-26(21(20)30)11-16-4-2-3-9-24-16)22(31)34-12-15-5-7-17(8-6-15)27(32)33/h2-9,14,18,20,25,28H,10-13H2,1H3/t14-,18-,20-,23-/m1/s1. The molecule has 0 radical (unpaired) electrons. The Bertz CT molecular complexity index is 1110. The van der Waals surface area contributed by atoms with E-state index >= 15 is 0 Å². The van der Waals surface area contributed by atoms with Gasteiger partial charge in [-0.2, -0.15) is 0 Å². The van der Waals surface area contributed by atoms with Gasteiger partial charge < -0.3 is 14.7 Å². The molecular weight excluding hydrogens is 444 g/mol. The van der Waals surface area contributed by atoms with Gasteiger partial charge in [-0.05, 0) is 36.8 Å². The van der Waals surface area contributed by atoms with Crippen molar-refractivity contribution in [3.8, 4) is 0 Å². The van der Waals surface area contributed by atoms with E-state index in [-0.39, 0.29) is 37.7 Å². The van der Waals surface area contributed by atoms with Crippen LogP contribution < -0.4 is 5.32 Å². The quantitative estimate of drug-likeness (QED) is 0.259. The van der Waals surface area contributed by atoms with Crippen LogP contribution in [0.3, 0.4) is 0 Å². The Balaban J connectivity index is 1.58. The molecule has 11 nitrogen and oxygen atoms in total. The highest BCUT2D eigenvalue weighted by atomic mass is 16.6. The predicted octanol–water partition coefficient (Wildman–Crippen LogP) is 0.742. The van der Waals surface area contributed by atoms with Gasteiger partial charge in [0.15, 0.2) is 11.3 Å². The number of rotatable bonds is 7. The highest BCUT2D eigenvalue weighted by Gasteiger charge is 2.60. The molecule has 4 rings (SSSR count). The number of nitro groups is 1. The lowest BCUT2D eigenvalue weighted by atomic mass is 9.88. The number of aliphatic hydroxyl groups excluding tert-OH is 1. The summed E-state index contributed by atoms with van der Waals surface area (Å²) in [7, 11) is 0. The second-order valence-electron chi connectivity index (χ2n) is 8.56. The second kappa shape index (κ2) is 9.27. The fraction of sp³-hybridized carbons (Fsp3) is 0.391. The smallest absolute Gasteiger partial charge is 0.336 e. The summed E-state index contributed by atoms with van der Waals surface area (Å²) < 4.78 is 5.44. The first-order valence-electron chi connectivity index (χ1n) is 10.8. The van der Waals surface area contributed by atoms with Crippen LogP contribution in [0.15, 0.2) is 48.7 Å². The summed E-state index contributed by atoms with van der Waals surface area (Å²) in [5, 5.41) is 24.1. The zero-order valence-corrected chi connectivity index (χ0v) is 18.4. The summed E-state index contributed by atoms with van der Waals surface area (Å²) in [6.45, 7) is 1.07. The van der Waals surface area contributed by atoms with Crippen molar-refractivity contribution < 1.29 is 29.2 Å². The number of aliphatic hydroxyl groups is 1. The number of likely N-dealkylation sites (tertiary alicyclic amines) is 1. The van der Waals surface area contributed by atoms with Crippen LogP contribution in [0.5, 0.6) is 0 Å². The number of ketones is 1.